The third-order valence-corrected chi connectivity index (χ3v) is 5.18. The van der Waals surface area contributed by atoms with Crippen molar-refractivity contribution in [2.24, 2.45) is 0 Å². The number of pyridine rings is 1. The first-order valence-corrected chi connectivity index (χ1v) is 9.71. The number of hydrogen-bond acceptors (Lipinski definition) is 5. The van der Waals surface area contributed by atoms with Gasteiger partial charge in [-0.2, -0.15) is 5.10 Å². The van der Waals surface area contributed by atoms with Crippen molar-refractivity contribution < 1.29 is 9.53 Å². The van der Waals surface area contributed by atoms with Crippen LogP contribution in [0.2, 0.25) is 5.15 Å². The van der Waals surface area contributed by atoms with Crippen LogP contribution in [0.25, 0.3) is 16.8 Å². The molecule has 1 amide bonds. The zero-order chi connectivity index (χ0) is 20.9. The molecule has 0 unspecified atom stereocenters. The van der Waals surface area contributed by atoms with E-state index in [1.807, 2.05) is 37.7 Å². The Bertz CT molecular complexity index is 1160. The zero-order valence-corrected chi connectivity index (χ0v) is 17.5. The van der Waals surface area contributed by atoms with E-state index in [0.717, 1.165) is 11.1 Å². The summed E-state index contributed by atoms with van der Waals surface area (Å²) in [6.07, 6.45) is 5.10. The van der Waals surface area contributed by atoms with Gasteiger partial charge in [-0.3, -0.25) is 13.9 Å². The quantitative estimate of drug-likeness (QED) is 0.600. The Balaban J connectivity index is 1.52. The summed E-state index contributed by atoms with van der Waals surface area (Å²) in [6, 6.07) is 3.73. The molecule has 1 aliphatic rings. The van der Waals surface area contributed by atoms with Crippen molar-refractivity contribution >= 4 is 23.3 Å². The highest BCUT2D eigenvalue weighted by Gasteiger charge is 2.35. The maximum Gasteiger partial charge on any atom is 0.410 e. The molecule has 0 aromatic carbocycles. The van der Waals surface area contributed by atoms with E-state index >= 15 is 0 Å². The summed E-state index contributed by atoms with van der Waals surface area (Å²) in [5, 5.41) is 4.65. The second-order valence-electron chi connectivity index (χ2n) is 8.23. The van der Waals surface area contributed by atoms with Gasteiger partial charge in [-0.1, -0.05) is 11.6 Å². The number of ether oxygens (including phenoxy) is 1. The molecule has 8 nitrogen and oxygen atoms in total. The fourth-order valence-corrected chi connectivity index (χ4v) is 3.32. The van der Waals surface area contributed by atoms with E-state index < -0.39 is 5.60 Å². The molecule has 1 saturated heterocycles. The second kappa shape index (κ2) is 6.88. The van der Waals surface area contributed by atoms with Crippen LogP contribution in [0.3, 0.4) is 0 Å². The van der Waals surface area contributed by atoms with Crippen LogP contribution < -0.4 is 5.56 Å². The van der Waals surface area contributed by atoms with Gasteiger partial charge in [-0.25, -0.2) is 9.78 Å². The van der Waals surface area contributed by atoms with Crippen LogP contribution in [0.5, 0.6) is 0 Å². The third-order valence-electron chi connectivity index (χ3n) is 4.81. The summed E-state index contributed by atoms with van der Waals surface area (Å²) in [4.78, 5) is 30.4. The van der Waals surface area contributed by atoms with Gasteiger partial charge in [0.25, 0.3) is 5.56 Å². The van der Waals surface area contributed by atoms with E-state index in [2.05, 4.69) is 10.1 Å². The van der Waals surface area contributed by atoms with Gasteiger partial charge in [-0.05, 0) is 39.8 Å². The van der Waals surface area contributed by atoms with Crippen molar-refractivity contribution in [2.45, 2.75) is 39.3 Å². The Hall–Kier alpha value is -2.87. The van der Waals surface area contributed by atoms with Crippen LogP contribution in [0.1, 0.15) is 32.4 Å². The Morgan fingerprint density at radius 1 is 1.21 bits per heavy atom. The van der Waals surface area contributed by atoms with Crippen LogP contribution in [0.4, 0.5) is 4.79 Å². The van der Waals surface area contributed by atoms with E-state index in [9.17, 15) is 9.59 Å². The Labute approximate surface area is 172 Å². The highest BCUT2D eigenvalue weighted by Crippen LogP contribution is 2.26. The average Bonchev–Trinajstić information content (AvgIpc) is 3.06. The van der Waals surface area contributed by atoms with Gasteiger partial charge in [0.05, 0.1) is 17.8 Å². The van der Waals surface area contributed by atoms with E-state index in [0.29, 0.717) is 24.3 Å². The van der Waals surface area contributed by atoms with Crippen molar-refractivity contribution in [3.63, 3.8) is 0 Å². The molecule has 0 bridgehead atoms. The normalized spacial score (nSPS) is 14.9. The molecule has 0 atom stereocenters. The molecule has 0 N–H and O–H groups in total. The summed E-state index contributed by atoms with van der Waals surface area (Å²) < 4.78 is 8.71. The molecule has 29 heavy (non-hydrogen) atoms. The molecule has 9 heteroatoms. The molecule has 4 rings (SSSR count). The maximum atomic E-state index is 12.5. The first-order chi connectivity index (χ1) is 13.6. The van der Waals surface area contributed by atoms with Crippen molar-refractivity contribution in [3.05, 3.63) is 51.8 Å². The van der Waals surface area contributed by atoms with Crippen LogP contribution in [0.15, 0.2) is 35.5 Å². The Morgan fingerprint density at radius 2 is 1.93 bits per heavy atom. The number of hydrogen-bond donors (Lipinski definition) is 0. The van der Waals surface area contributed by atoms with Gasteiger partial charge in [0.2, 0.25) is 0 Å². The fourth-order valence-electron chi connectivity index (χ4n) is 3.16. The maximum absolute atomic E-state index is 12.5. The fraction of sp³-hybridized carbons (Fsp3) is 0.400. The van der Waals surface area contributed by atoms with Crippen molar-refractivity contribution in [2.75, 3.05) is 13.1 Å². The monoisotopic (exact) mass is 415 g/mol. The number of aromatic nitrogens is 4. The van der Waals surface area contributed by atoms with E-state index in [4.69, 9.17) is 16.3 Å². The van der Waals surface area contributed by atoms with Gasteiger partial charge in [-0.15, -0.1) is 0 Å². The lowest BCUT2D eigenvalue weighted by Gasteiger charge is -2.39. The zero-order valence-electron chi connectivity index (χ0n) is 16.7. The molecule has 3 aromatic heterocycles. The second-order valence-corrected chi connectivity index (χ2v) is 8.58. The summed E-state index contributed by atoms with van der Waals surface area (Å²) >= 11 is 6.00. The van der Waals surface area contributed by atoms with Crippen molar-refractivity contribution in [3.8, 4) is 11.1 Å². The number of likely N-dealkylation sites (tertiary alicyclic amines) is 1. The SMILES string of the molecule is Cc1c(Cl)nc2ccc(-c3cnn(C4CN(C(=O)OC(C)(C)C)C4)c3)cn2c1=O. The molecular formula is C20H22ClN5O3. The van der Waals surface area contributed by atoms with Gasteiger partial charge in [0.1, 0.15) is 16.4 Å². The first-order valence-electron chi connectivity index (χ1n) is 9.33. The van der Waals surface area contributed by atoms with E-state index in [1.165, 1.54) is 4.40 Å². The highest BCUT2D eigenvalue weighted by atomic mass is 35.5. The largest absolute Gasteiger partial charge is 0.444 e. The lowest BCUT2D eigenvalue weighted by atomic mass is 10.1. The molecular weight excluding hydrogens is 394 g/mol. The predicted molar refractivity (Wildman–Crippen MR) is 109 cm³/mol. The molecule has 4 heterocycles. The number of carbonyl (C=O) groups excluding carboxylic acids is 1. The number of nitrogens with zero attached hydrogens (tertiary/aromatic N) is 5. The molecule has 0 spiro atoms. The van der Waals surface area contributed by atoms with Crippen LogP contribution in [-0.2, 0) is 4.74 Å². The number of carbonyl (C=O) groups is 1. The lowest BCUT2D eigenvalue weighted by Crippen LogP contribution is -2.52. The Kier molecular flexibility index (Phi) is 4.61. The van der Waals surface area contributed by atoms with E-state index in [1.54, 1.807) is 30.3 Å². The van der Waals surface area contributed by atoms with Crippen LogP contribution >= 0.6 is 11.6 Å². The van der Waals surface area contributed by atoms with E-state index in [-0.39, 0.29) is 22.8 Å². The summed E-state index contributed by atoms with van der Waals surface area (Å²) in [6.45, 7) is 8.30. The molecule has 3 aromatic rings. The number of amides is 1. The smallest absolute Gasteiger partial charge is 0.410 e. The highest BCUT2D eigenvalue weighted by molar-refractivity contribution is 6.30. The first kappa shape index (κ1) is 19.4. The van der Waals surface area contributed by atoms with Crippen molar-refractivity contribution in [1.82, 2.24) is 24.1 Å². The number of halogens is 1. The van der Waals surface area contributed by atoms with Crippen LogP contribution in [-0.4, -0.2) is 48.8 Å². The van der Waals surface area contributed by atoms with Gasteiger partial charge < -0.3 is 9.64 Å². The molecule has 0 aliphatic carbocycles. The third kappa shape index (κ3) is 3.72. The lowest BCUT2D eigenvalue weighted by molar-refractivity contribution is -0.000381. The van der Waals surface area contributed by atoms with Gasteiger partial charge in [0, 0.05) is 36.6 Å². The summed E-state index contributed by atoms with van der Waals surface area (Å²) in [5.74, 6) is 0. The summed E-state index contributed by atoms with van der Waals surface area (Å²) in [7, 11) is 0. The van der Waals surface area contributed by atoms with Gasteiger partial charge in [0.15, 0.2) is 0 Å². The number of rotatable bonds is 2. The molecule has 1 aliphatic heterocycles. The van der Waals surface area contributed by atoms with Crippen LogP contribution in [0, 0.1) is 6.92 Å². The Morgan fingerprint density at radius 3 is 2.62 bits per heavy atom. The topological polar surface area (TPSA) is 81.7 Å². The molecule has 0 saturated carbocycles. The minimum absolute atomic E-state index is 0.0992. The molecule has 152 valence electrons. The average molecular weight is 416 g/mol. The molecule has 0 radical (unpaired) electrons. The minimum atomic E-state index is -0.507. The minimum Gasteiger partial charge on any atom is -0.444 e. The van der Waals surface area contributed by atoms with Crippen molar-refractivity contribution in [1.29, 1.82) is 0 Å². The standard InChI is InChI=1S/C20H22ClN5O3/c1-12-17(21)23-16-6-5-13(8-25(16)18(12)27)14-7-22-26(9-14)15-10-24(11-15)19(28)29-20(2,3)4/h5-9,15H,10-11H2,1-4H3. The summed E-state index contributed by atoms with van der Waals surface area (Å²) in [5.41, 5.74) is 1.93. The van der Waals surface area contributed by atoms with Gasteiger partial charge >= 0.3 is 6.09 Å². The predicted octanol–water partition coefficient (Wildman–Crippen LogP) is 3.31. The molecule has 1 fully saturated rings. The number of fused-ring (bicyclic) bond motifs is 1.